The highest BCUT2D eigenvalue weighted by atomic mass is 16.5. The summed E-state index contributed by atoms with van der Waals surface area (Å²) in [7, 11) is 1.69. The maximum Gasteiger partial charge on any atom is 0.167 e. The van der Waals surface area contributed by atoms with Crippen molar-refractivity contribution in [2.24, 2.45) is 5.92 Å². The Morgan fingerprint density at radius 2 is 1.91 bits per heavy atom. The van der Waals surface area contributed by atoms with Crippen LogP contribution >= 0.6 is 0 Å². The van der Waals surface area contributed by atoms with Gasteiger partial charge in [0.05, 0.1) is 7.11 Å². The lowest BCUT2D eigenvalue weighted by molar-refractivity contribution is 0.0886. The molecule has 23 heavy (non-hydrogen) atoms. The number of hydrogen-bond donors (Lipinski definition) is 1. The molecule has 0 aliphatic carbocycles. The third-order valence-corrected chi connectivity index (χ3v) is 4.65. The van der Waals surface area contributed by atoms with Crippen LogP contribution in [0.4, 0.5) is 0 Å². The van der Waals surface area contributed by atoms with Crippen LogP contribution in [0.15, 0.2) is 12.1 Å². The van der Waals surface area contributed by atoms with Crippen LogP contribution < -0.4 is 10.1 Å². The molecule has 0 saturated carbocycles. The number of piperazine rings is 1. The largest absolute Gasteiger partial charge is 0.496 e. The Kier molecular flexibility index (Phi) is 6.19. The quantitative estimate of drug-likeness (QED) is 0.819. The number of carbonyl (C=O) groups is 1. The minimum Gasteiger partial charge on any atom is -0.496 e. The van der Waals surface area contributed by atoms with Crippen molar-refractivity contribution in [2.75, 3.05) is 39.8 Å². The van der Waals surface area contributed by atoms with E-state index in [-0.39, 0.29) is 11.7 Å². The lowest BCUT2D eigenvalue weighted by atomic mass is 9.90. The number of hydrogen-bond acceptors (Lipinski definition) is 4. The van der Waals surface area contributed by atoms with Gasteiger partial charge in [-0.25, -0.2) is 0 Å². The Labute approximate surface area is 140 Å². The number of ketones is 1. The molecule has 1 saturated heterocycles. The molecule has 2 rings (SSSR count). The summed E-state index contributed by atoms with van der Waals surface area (Å²) in [4.78, 5) is 15.3. The molecule has 1 aliphatic rings. The van der Waals surface area contributed by atoms with Gasteiger partial charge < -0.3 is 15.0 Å². The lowest BCUT2D eigenvalue weighted by Crippen LogP contribution is -2.45. The predicted octanol–water partition coefficient (Wildman–Crippen LogP) is 2.85. The summed E-state index contributed by atoms with van der Waals surface area (Å²) < 4.78 is 5.48. The van der Waals surface area contributed by atoms with E-state index in [9.17, 15) is 4.79 Å². The number of nitrogens with one attached hydrogen (secondary N) is 1. The van der Waals surface area contributed by atoms with Gasteiger partial charge in [0.15, 0.2) is 5.78 Å². The van der Waals surface area contributed by atoms with Crippen molar-refractivity contribution >= 4 is 5.78 Å². The second-order valence-electron chi connectivity index (χ2n) is 6.88. The van der Waals surface area contributed by atoms with Crippen LogP contribution in [0.25, 0.3) is 0 Å². The summed E-state index contributed by atoms with van der Waals surface area (Å²) in [5, 5.41) is 3.35. The number of Topliss-reactive ketones (excluding diaryl/α,β-unsaturated/α-hetero) is 1. The van der Waals surface area contributed by atoms with Gasteiger partial charge in [0.1, 0.15) is 5.75 Å². The highest BCUT2D eigenvalue weighted by molar-refractivity contribution is 5.99. The van der Waals surface area contributed by atoms with Crippen LogP contribution in [0.2, 0.25) is 0 Å². The van der Waals surface area contributed by atoms with E-state index in [1.807, 2.05) is 26.0 Å². The van der Waals surface area contributed by atoms with Crippen LogP contribution in [-0.2, 0) is 0 Å². The molecule has 4 heteroatoms. The highest BCUT2D eigenvalue weighted by Crippen LogP contribution is 2.30. The molecule has 4 nitrogen and oxygen atoms in total. The van der Waals surface area contributed by atoms with E-state index in [1.54, 1.807) is 7.11 Å². The fraction of sp³-hybridized carbons (Fsp3) is 0.632. The van der Waals surface area contributed by atoms with E-state index in [4.69, 9.17) is 4.74 Å². The topological polar surface area (TPSA) is 41.6 Å². The zero-order chi connectivity index (χ0) is 17.0. The SMILES string of the molecule is COc1cc(C)c(C(=O)C(C)CN2CCNCC2)cc1C(C)C. The maximum absolute atomic E-state index is 12.9. The molecular formula is C19H30N2O2. The van der Waals surface area contributed by atoms with E-state index in [0.717, 1.165) is 55.2 Å². The molecule has 1 fully saturated rings. The van der Waals surface area contributed by atoms with Crippen molar-refractivity contribution in [2.45, 2.75) is 33.6 Å². The van der Waals surface area contributed by atoms with Gasteiger partial charge in [-0.1, -0.05) is 20.8 Å². The number of benzene rings is 1. The van der Waals surface area contributed by atoms with Crippen molar-refractivity contribution in [3.8, 4) is 5.75 Å². The Morgan fingerprint density at radius 3 is 2.48 bits per heavy atom. The predicted molar refractivity (Wildman–Crippen MR) is 94.6 cm³/mol. The summed E-state index contributed by atoms with van der Waals surface area (Å²) >= 11 is 0. The average molecular weight is 318 g/mol. The fourth-order valence-electron chi connectivity index (χ4n) is 3.22. The normalized spacial score (nSPS) is 17.3. The number of rotatable bonds is 6. The average Bonchev–Trinajstić information content (AvgIpc) is 2.54. The number of aryl methyl sites for hydroxylation is 1. The van der Waals surface area contributed by atoms with Gasteiger partial charge in [0.2, 0.25) is 0 Å². The van der Waals surface area contributed by atoms with Crippen LogP contribution in [-0.4, -0.2) is 50.5 Å². The van der Waals surface area contributed by atoms with Crippen molar-refractivity contribution < 1.29 is 9.53 Å². The molecule has 1 aromatic rings. The number of methoxy groups -OCH3 is 1. The Bertz CT molecular complexity index is 549. The molecular weight excluding hydrogens is 288 g/mol. The Balaban J connectivity index is 2.18. The summed E-state index contributed by atoms with van der Waals surface area (Å²) in [6.07, 6.45) is 0. The summed E-state index contributed by atoms with van der Waals surface area (Å²) in [6, 6.07) is 4.04. The second-order valence-corrected chi connectivity index (χ2v) is 6.88. The lowest BCUT2D eigenvalue weighted by Gasteiger charge is -2.29. The third-order valence-electron chi connectivity index (χ3n) is 4.65. The van der Waals surface area contributed by atoms with E-state index >= 15 is 0 Å². The number of nitrogens with zero attached hydrogens (tertiary/aromatic N) is 1. The number of ether oxygens (including phenoxy) is 1. The monoisotopic (exact) mass is 318 g/mol. The van der Waals surface area contributed by atoms with Gasteiger partial charge in [-0.2, -0.15) is 0 Å². The molecule has 1 atom stereocenters. The summed E-state index contributed by atoms with van der Waals surface area (Å²) in [6.45, 7) is 13.2. The molecule has 1 aromatic carbocycles. The van der Waals surface area contributed by atoms with Crippen LogP contribution in [0.3, 0.4) is 0 Å². The van der Waals surface area contributed by atoms with Crippen LogP contribution in [0.5, 0.6) is 5.75 Å². The molecule has 0 radical (unpaired) electrons. The number of carbonyl (C=O) groups excluding carboxylic acids is 1. The Morgan fingerprint density at radius 1 is 1.26 bits per heavy atom. The molecule has 1 aliphatic heterocycles. The first-order valence-corrected chi connectivity index (χ1v) is 8.59. The van der Waals surface area contributed by atoms with Gasteiger partial charge in [-0.3, -0.25) is 4.79 Å². The molecule has 128 valence electrons. The zero-order valence-corrected chi connectivity index (χ0v) is 15.1. The minimum absolute atomic E-state index is 0.0141. The standard InChI is InChI=1S/C19H30N2O2/c1-13(2)16-11-17(14(3)10-18(16)23-5)19(22)15(4)12-21-8-6-20-7-9-21/h10-11,13,15,20H,6-9,12H2,1-5H3. The van der Waals surface area contributed by atoms with E-state index in [2.05, 4.69) is 24.1 Å². The first-order valence-electron chi connectivity index (χ1n) is 8.59. The molecule has 0 amide bonds. The first kappa shape index (κ1) is 18.0. The van der Waals surface area contributed by atoms with Gasteiger partial charge in [-0.15, -0.1) is 0 Å². The van der Waals surface area contributed by atoms with E-state index in [1.165, 1.54) is 0 Å². The molecule has 1 N–H and O–H groups in total. The Hall–Kier alpha value is -1.39. The van der Waals surface area contributed by atoms with E-state index in [0.29, 0.717) is 5.92 Å². The van der Waals surface area contributed by atoms with Gasteiger partial charge >= 0.3 is 0 Å². The first-order chi connectivity index (χ1) is 10.9. The van der Waals surface area contributed by atoms with Crippen LogP contribution in [0, 0.1) is 12.8 Å². The van der Waals surface area contributed by atoms with Gasteiger partial charge in [0.25, 0.3) is 0 Å². The van der Waals surface area contributed by atoms with Crippen LogP contribution in [0.1, 0.15) is 48.2 Å². The second kappa shape index (κ2) is 7.93. The van der Waals surface area contributed by atoms with Crippen molar-refractivity contribution in [1.29, 1.82) is 0 Å². The minimum atomic E-state index is 0.0141. The van der Waals surface area contributed by atoms with E-state index < -0.39 is 0 Å². The van der Waals surface area contributed by atoms with Crippen molar-refractivity contribution in [3.05, 3.63) is 28.8 Å². The summed E-state index contributed by atoms with van der Waals surface area (Å²) in [5.41, 5.74) is 2.95. The summed E-state index contributed by atoms with van der Waals surface area (Å²) in [5.74, 6) is 1.47. The maximum atomic E-state index is 12.9. The van der Waals surface area contributed by atoms with Gasteiger partial charge in [0, 0.05) is 44.2 Å². The molecule has 0 bridgehead atoms. The van der Waals surface area contributed by atoms with Gasteiger partial charge in [-0.05, 0) is 36.1 Å². The molecule has 1 unspecified atom stereocenters. The molecule has 0 aromatic heterocycles. The smallest absolute Gasteiger partial charge is 0.167 e. The van der Waals surface area contributed by atoms with Crippen molar-refractivity contribution in [1.82, 2.24) is 10.2 Å². The zero-order valence-electron chi connectivity index (χ0n) is 15.1. The molecule has 0 spiro atoms. The fourth-order valence-corrected chi connectivity index (χ4v) is 3.22. The third kappa shape index (κ3) is 4.33. The molecule has 1 heterocycles. The van der Waals surface area contributed by atoms with Crippen molar-refractivity contribution in [3.63, 3.8) is 0 Å². The highest BCUT2D eigenvalue weighted by Gasteiger charge is 2.23.